The third kappa shape index (κ3) is 2.65. The number of nitriles is 1. The molecule has 0 atom stereocenters. The Hall–Kier alpha value is -2.33. The summed E-state index contributed by atoms with van der Waals surface area (Å²) in [5, 5.41) is 19.5. The Morgan fingerprint density at radius 3 is 2.95 bits per heavy atom. The van der Waals surface area contributed by atoms with Gasteiger partial charge in [0.2, 0.25) is 0 Å². The number of ketones is 1. The smallest absolute Gasteiger partial charge is 0.177 e. The molecule has 0 amide bonds. The van der Waals surface area contributed by atoms with E-state index in [1.54, 1.807) is 12.4 Å². The van der Waals surface area contributed by atoms with Crippen LogP contribution in [-0.2, 0) is 6.54 Å². The van der Waals surface area contributed by atoms with Gasteiger partial charge in [-0.25, -0.2) is 0 Å². The first-order chi connectivity index (χ1) is 9.54. The van der Waals surface area contributed by atoms with Crippen molar-refractivity contribution in [2.24, 2.45) is 5.92 Å². The Labute approximate surface area is 120 Å². The van der Waals surface area contributed by atoms with Gasteiger partial charge >= 0.3 is 0 Å². The number of thiophene rings is 1. The summed E-state index contributed by atoms with van der Waals surface area (Å²) in [4.78, 5) is 12.5. The lowest BCUT2D eigenvalue weighted by molar-refractivity contribution is 0.0944. The van der Waals surface area contributed by atoms with Crippen LogP contribution in [0.5, 0.6) is 0 Å². The van der Waals surface area contributed by atoms with Gasteiger partial charge in [-0.3, -0.25) is 9.89 Å². The largest absolute Gasteiger partial charge is 0.396 e. The van der Waals surface area contributed by atoms with E-state index in [0.29, 0.717) is 22.0 Å². The molecular weight excluding hydrogens is 274 g/mol. The highest BCUT2D eigenvalue weighted by Gasteiger charge is 2.22. The van der Waals surface area contributed by atoms with Crippen LogP contribution < -0.4 is 11.1 Å². The van der Waals surface area contributed by atoms with Crippen molar-refractivity contribution in [3.05, 3.63) is 28.4 Å². The lowest BCUT2D eigenvalue weighted by Gasteiger charge is -2.01. The highest BCUT2D eigenvalue weighted by Crippen LogP contribution is 2.36. The third-order valence-corrected chi connectivity index (χ3v) is 3.99. The van der Waals surface area contributed by atoms with E-state index in [9.17, 15) is 10.1 Å². The molecule has 2 rings (SSSR count). The topological polar surface area (TPSA) is 108 Å². The summed E-state index contributed by atoms with van der Waals surface area (Å²) < 4.78 is 0. The standard InChI is InChI=1S/C13H15N5OS/c1-7(2)11(19)12-10(15)9(3-14)13(20-12)16-4-8-5-17-18-6-8/h5-7,16H,4,15H2,1-2H3,(H,17,18). The number of Topliss-reactive ketones (excluding diaryl/α,β-unsaturated/α-hetero) is 1. The van der Waals surface area contributed by atoms with Gasteiger partial charge in [0.15, 0.2) is 5.78 Å². The van der Waals surface area contributed by atoms with Crippen molar-refractivity contribution >= 4 is 27.8 Å². The first-order valence-electron chi connectivity index (χ1n) is 6.12. The molecule has 0 radical (unpaired) electrons. The van der Waals surface area contributed by atoms with Crippen LogP contribution in [0.3, 0.4) is 0 Å². The second kappa shape index (κ2) is 5.75. The average molecular weight is 289 g/mol. The third-order valence-electron chi connectivity index (χ3n) is 2.81. The van der Waals surface area contributed by atoms with E-state index in [-0.39, 0.29) is 17.4 Å². The van der Waals surface area contributed by atoms with Gasteiger partial charge in [0.05, 0.1) is 16.8 Å². The first kappa shape index (κ1) is 14.1. The predicted molar refractivity (Wildman–Crippen MR) is 78.5 cm³/mol. The Balaban J connectivity index is 2.27. The van der Waals surface area contributed by atoms with E-state index in [4.69, 9.17) is 5.73 Å². The molecule has 2 aromatic heterocycles. The molecule has 6 nitrogen and oxygen atoms in total. The summed E-state index contributed by atoms with van der Waals surface area (Å²) in [5.41, 5.74) is 7.47. The number of carbonyl (C=O) groups excluding carboxylic acids is 1. The number of hydrogen-bond donors (Lipinski definition) is 3. The van der Waals surface area contributed by atoms with E-state index < -0.39 is 0 Å². The second-order valence-corrected chi connectivity index (χ2v) is 5.66. The quantitative estimate of drug-likeness (QED) is 0.732. The number of nitrogen functional groups attached to an aromatic ring is 1. The average Bonchev–Trinajstić information content (AvgIpc) is 3.03. The SMILES string of the molecule is CC(C)C(=O)c1sc(NCc2cn[nH]c2)c(C#N)c1N. The van der Waals surface area contributed by atoms with Crippen LogP contribution in [-0.4, -0.2) is 16.0 Å². The second-order valence-electron chi connectivity index (χ2n) is 4.64. The molecule has 7 heteroatoms. The number of nitrogens with zero attached hydrogens (tertiary/aromatic N) is 2. The van der Waals surface area contributed by atoms with Crippen LogP contribution in [0.15, 0.2) is 12.4 Å². The number of nitrogens with one attached hydrogen (secondary N) is 2. The fourth-order valence-electron chi connectivity index (χ4n) is 1.68. The molecular formula is C13H15N5OS. The van der Waals surface area contributed by atoms with Crippen LogP contribution in [0.2, 0.25) is 0 Å². The van der Waals surface area contributed by atoms with Crippen molar-refractivity contribution in [2.75, 3.05) is 11.1 Å². The number of aromatic amines is 1. The van der Waals surface area contributed by atoms with Crippen molar-refractivity contribution in [2.45, 2.75) is 20.4 Å². The van der Waals surface area contributed by atoms with Gasteiger partial charge in [0.25, 0.3) is 0 Å². The van der Waals surface area contributed by atoms with Crippen LogP contribution in [0, 0.1) is 17.2 Å². The number of aromatic nitrogens is 2. The molecule has 20 heavy (non-hydrogen) atoms. The van der Waals surface area contributed by atoms with Gasteiger partial charge in [-0.05, 0) is 0 Å². The predicted octanol–water partition coefficient (Wildman–Crippen LogP) is 2.38. The van der Waals surface area contributed by atoms with Gasteiger partial charge in [-0.15, -0.1) is 11.3 Å². The lowest BCUT2D eigenvalue weighted by atomic mass is 10.1. The minimum absolute atomic E-state index is 0.0413. The van der Waals surface area contributed by atoms with Gasteiger partial charge in [0.1, 0.15) is 16.6 Å². The van der Waals surface area contributed by atoms with Crippen LogP contribution >= 0.6 is 11.3 Å². The molecule has 0 spiro atoms. The zero-order valence-electron chi connectivity index (χ0n) is 11.2. The molecule has 0 aliphatic heterocycles. The normalized spacial score (nSPS) is 10.5. The van der Waals surface area contributed by atoms with Gasteiger partial charge in [0, 0.05) is 24.2 Å². The molecule has 0 fully saturated rings. The first-order valence-corrected chi connectivity index (χ1v) is 6.94. The number of H-pyrrole nitrogens is 1. The maximum atomic E-state index is 12.1. The van der Waals surface area contributed by atoms with Gasteiger partial charge < -0.3 is 11.1 Å². The zero-order valence-corrected chi connectivity index (χ0v) is 12.0. The highest BCUT2D eigenvalue weighted by molar-refractivity contribution is 7.19. The maximum absolute atomic E-state index is 12.1. The van der Waals surface area contributed by atoms with Crippen molar-refractivity contribution in [1.82, 2.24) is 10.2 Å². The van der Waals surface area contributed by atoms with E-state index in [1.165, 1.54) is 11.3 Å². The summed E-state index contributed by atoms with van der Waals surface area (Å²) in [6.45, 7) is 4.14. The van der Waals surface area contributed by atoms with E-state index in [1.807, 2.05) is 13.8 Å². The van der Waals surface area contributed by atoms with Crippen LogP contribution in [0.25, 0.3) is 0 Å². The van der Waals surface area contributed by atoms with Crippen molar-refractivity contribution < 1.29 is 4.79 Å². The molecule has 2 heterocycles. The molecule has 4 N–H and O–H groups in total. The molecule has 2 aromatic rings. The minimum atomic E-state index is -0.149. The van der Waals surface area contributed by atoms with Crippen molar-refractivity contribution in [3.8, 4) is 6.07 Å². The lowest BCUT2D eigenvalue weighted by Crippen LogP contribution is -2.07. The van der Waals surface area contributed by atoms with Crippen molar-refractivity contribution in [3.63, 3.8) is 0 Å². The number of hydrogen-bond acceptors (Lipinski definition) is 6. The number of nitrogens with two attached hydrogens (primary N) is 1. The summed E-state index contributed by atoms with van der Waals surface area (Å²) in [5.74, 6) is -0.190. The molecule has 0 unspecified atom stereocenters. The van der Waals surface area contributed by atoms with Crippen LogP contribution in [0.1, 0.15) is 34.6 Å². The van der Waals surface area contributed by atoms with E-state index in [2.05, 4.69) is 21.6 Å². The molecule has 0 bridgehead atoms. The van der Waals surface area contributed by atoms with Gasteiger partial charge in [-0.2, -0.15) is 10.4 Å². The van der Waals surface area contributed by atoms with E-state index >= 15 is 0 Å². The molecule has 0 aliphatic rings. The van der Waals surface area contributed by atoms with Gasteiger partial charge in [-0.1, -0.05) is 13.8 Å². The Morgan fingerprint density at radius 2 is 2.40 bits per heavy atom. The molecule has 0 aromatic carbocycles. The summed E-state index contributed by atoms with van der Waals surface area (Å²) in [7, 11) is 0. The van der Waals surface area contributed by atoms with E-state index in [0.717, 1.165) is 5.56 Å². The molecule has 0 saturated carbocycles. The molecule has 0 saturated heterocycles. The Kier molecular flexibility index (Phi) is 4.05. The summed E-state index contributed by atoms with van der Waals surface area (Å²) in [6, 6.07) is 2.06. The Bertz CT molecular complexity index is 651. The monoisotopic (exact) mass is 289 g/mol. The zero-order chi connectivity index (χ0) is 14.7. The number of anilines is 2. The molecule has 0 aliphatic carbocycles. The van der Waals surface area contributed by atoms with Crippen LogP contribution in [0.4, 0.5) is 10.7 Å². The molecule has 104 valence electrons. The fourth-order valence-corrected chi connectivity index (χ4v) is 2.84. The minimum Gasteiger partial charge on any atom is -0.396 e. The van der Waals surface area contributed by atoms with Crippen molar-refractivity contribution in [1.29, 1.82) is 5.26 Å². The maximum Gasteiger partial charge on any atom is 0.177 e. The Morgan fingerprint density at radius 1 is 1.65 bits per heavy atom. The number of rotatable bonds is 5. The highest BCUT2D eigenvalue weighted by atomic mass is 32.1. The number of carbonyl (C=O) groups is 1. The fraction of sp³-hybridized carbons (Fsp3) is 0.308. The summed E-state index contributed by atoms with van der Waals surface area (Å²) in [6.07, 6.45) is 3.45. The summed E-state index contributed by atoms with van der Waals surface area (Å²) >= 11 is 1.23.